The van der Waals surface area contributed by atoms with E-state index in [-0.39, 0.29) is 6.04 Å². The number of hydrogen-bond acceptors (Lipinski definition) is 4. The summed E-state index contributed by atoms with van der Waals surface area (Å²) in [5.74, 6) is 0. The van der Waals surface area contributed by atoms with E-state index in [4.69, 9.17) is 0 Å². The second-order valence-corrected chi connectivity index (χ2v) is 8.38. The second-order valence-electron chi connectivity index (χ2n) is 5.11. The molecule has 0 saturated carbocycles. The van der Waals surface area contributed by atoms with E-state index >= 15 is 0 Å². The lowest BCUT2D eigenvalue weighted by Gasteiger charge is -2.16. The molecule has 1 unspecified atom stereocenters. The summed E-state index contributed by atoms with van der Waals surface area (Å²) in [6.07, 6.45) is 3.17. The van der Waals surface area contributed by atoms with Crippen LogP contribution in [0, 0.1) is 0 Å². The molecule has 2 aromatic rings. The van der Waals surface area contributed by atoms with Crippen molar-refractivity contribution in [2.75, 3.05) is 13.3 Å². The quantitative estimate of drug-likeness (QED) is 0.888. The van der Waals surface area contributed by atoms with Crippen molar-refractivity contribution in [2.45, 2.75) is 30.7 Å². The molecule has 1 aromatic heterocycles. The lowest BCUT2D eigenvalue weighted by Crippen LogP contribution is -2.18. The van der Waals surface area contributed by atoms with Gasteiger partial charge in [-0.3, -0.25) is 0 Å². The molecule has 0 bridgehead atoms. The van der Waals surface area contributed by atoms with Crippen molar-refractivity contribution in [3.05, 3.63) is 51.7 Å². The average Bonchev–Trinajstić information content (AvgIpc) is 2.91. The van der Waals surface area contributed by atoms with Gasteiger partial charge in [0.15, 0.2) is 9.84 Å². The average molecular weight is 323 g/mol. The Morgan fingerprint density at radius 3 is 2.48 bits per heavy atom. The van der Waals surface area contributed by atoms with Crippen molar-refractivity contribution >= 4 is 21.2 Å². The van der Waals surface area contributed by atoms with Gasteiger partial charge in [-0.2, -0.15) is 0 Å². The Labute approximate surface area is 130 Å². The minimum Gasteiger partial charge on any atom is -0.313 e. The predicted molar refractivity (Wildman–Crippen MR) is 88.8 cm³/mol. The third-order valence-electron chi connectivity index (χ3n) is 3.51. The third-order valence-corrected chi connectivity index (χ3v) is 5.87. The summed E-state index contributed by atoms with van der Waals surface area (Å²) >= 11 is 1.82. The van der Waals surface area contributed by atoms with Gasteiger partial charge in [0, 0.05) is 28.5 Å². The van der Waals surface area contributed by atoms with Gasteiger partial charge in [-0.15, -0.1) is 11.3 Å². The summed E-state index contributed by atoms with van der Waals surface area (Å²) in [4.78, 5) is 3.07. The highest BCUT2D eigenvalue weighted by atomic mass is 32.2. The Balaban J connectivity index is 2.25. The molecule has 0 amide bonds. The van der Waals surface area contributed by atoms with E-state index in [1.165, 1.54) is 16.0 Å². The monoisotopic (exact) mass is 323 g/mol. The molecule has 0 aliphatic heterocycles. The molecular formula is C16H21NO2S2. The number of hydrogen-bond donors (Lipinski definition) is 1. The van der Waals surface area contributed by atoms with Crippen LogP contribution >= 0.6 is 11.3 Å². The molecule has 1 atom stereocenters. The largest absolute Gasteiger partial charge is 0.313 e. The normalized spacial score (nSPS) is 13.3. The molecule has 0 spiro atoms. The van der Waals surface area contributed by atoms with E-state index < -0.39 is 9.84 Å². The number of aryl methyl sites for hydroxylation is 1. The fourth-order valence-corrected chi connectivity index (χ4v) is 3.95. The highest BCUT2D eigenvalue weighted by Crippen LogP contribution is 2.25. The Kier molecular flexibility index (Phi) is 5.19. The highest BCUT2D eigenvalue weighted by Gasteiger charge is 2.14. The van der Waals surface area contributed by atoms with Gasteiger partial charge < -0.3 is 5.32 Å². The van der Waals surface area contributed by atoms with Crippen LogP contribution in [0.2, 0.25) is 0 Å². The van der Waals surface area contributed by atoms with Gasteiger partial charge in [0.25, 0.3) is 0 Å². The predicted octanol–water partition coefficient (Wildman–Crippen LogP) is 3.22. The standard InChI is InChI=1S/C16H21NO2S2/c1-4-13-8-9-14(20-13)11-16(17-2)12-6-5-7-15(10-12)21(3,18)19/h5-10,16-17H,4,11H2,1-3H3. The first-order valence-corrected chi connectivity index (χ1v) is 9.69. The molecule has 1 aromatic carbocycles. The number of benzene rings is 1. The molecule has 114 valence electrons. The van der Waals surface area contributed by atoms with Crippen LogP contribution in [-0.2, 0) is 22.7 Å². The number of nitrogens with one attached hydrogen (secondary N) is 1. The van der Waals surface area contributed by atoms with E-state index in [1.54, 1.807) is 12.1 Å². The second kappa shape index (κ2) is 6.73. The number of thiophene rings is 1. The topological polar surface area (TPSA) is 46.2 Å². The molecule has 0 radical (unpaired) electrons. The summed E-state index contributed by atoms with van der Waals surface area (Å²) in [6.45, 7) is 2.15. The van der Waals surface area contributed by atoms with Gasteiger partial charge in [-0.05, 0) is 43.3 Å². The van der Waals surface area contributed by atoms with Crippen LogP contribution in [0.4, 0.5) is 0 Å². The van der Waals surface area contributed by atoms with Crippen LogP contribution in [-0.4, -0.2) is 21.7 Å². The van der Waals surface area contributed by atoms with Crippen molar-refractivity contribution in [2.24, 2.45) is 0 Å². The van der Waals surface area contributed by atoms with Crippen molar-refractivity contribution in [3.63, 3.8) is 0 Å². The summed E-state index contributed by atoms with van der Waals surface area (Å²) in [5, 5.41) is 3.28. The molecule has 0 fully saturated rings. The first kappa shape index (κ1) is 16.2. The lowest BCUT2D eigenvalue weighted by atomic mass is 10.0. The van der Waals surface area contributed by atoms with Gasteiger partial charge in [0.2, 0.25) is 0 Å². The Hall–Kier alpha value is -1.17. The smallest absolute Gasteiger partial charge is 0.175 e. The van der Waals surface area contributed by atoms with Crippen LogP contribution < -0.4 is 5.32 Å². The van der Waals surface area contributed by atoms with Crippen LogP contribution in [0.5, 0.6) is 0 Å². The molecular weight excluding hydrogens is 302 g/mol. The molecule has 0 saturated heterocycles. The van der Waals surface area contributed by atoms with Crippen LogP contribution in [0.15, 0.2) is 41.3 Å². The van der Waals surface area contributed by atoms with Gasteiger partial charge in [-0.25, -0.2) is 8.42 Å². The number of rotatable bonds is 6. The highest BCUT2D eigenvalue weighted by molar-refractivity contribution is 7.90. The molecule has 3 nitrogen and oxygen atoms in total. The fraction of sp³-hybridized carbons (Fsp3) is 0.375. The number of sulfone groups is 1. The zero-order valence-electron chi connectivity index (χ0n) is 12.6. The molecule has 21 heavy (non-hydrogen) atoms. The molecule has 5 heteroatoms. The van der Waals surface area contributed by atoms with Crippen molar-refractivity contribution in [1.29, 1.82) is 0 Å². The van der Waals surface area contributed by atoms with E-state index in [9.17, 15) is 8.42 Å². The maximum Gasteiger partial charge on any atom is 0.175 e. The van der Waals surface area contributed by atoms with Gasteiger partial charge in [-0.1, -0.05) is 19.1 Å². The van der Waals surface area contributed by atoms with Gasteiger partial charge >= 0.3 is 0 Å². The SMILES string of the molecule is CCc1ccc(CC(NC)c2cccc(S(C)(=O)=O)c2)s1. The fourth-order valence-electron chi connectivity index (χ4n) is 2.27. The summed E-state index contributed by atoms with van der Waals surface area (Å²) < 4.78 is 23.4. The molecule has 1 heterocycles. The van der Waals surface area contributed by atoms with Crippen molar-refractivity contribution in [1.82, 2.24) is 5.32 Å². The first-order chi connectivity index (χ1) is 9.94. The first-order valence-electron chi connectivity index (χ1n) is 6.99. The molecule has 0 aliphatic carbocycles. The zero-order valence-corrected chi connectivity index (χ0v) is 14.2. The minimum absolute atomic E-state index is 0.120. The lowest BCUT2D eigenvalue weighted by molar-refractivity contribution is 0.590. The van der Waals surface area contributed by atoms with Crippen LogP contribution in [0.3, 0.4) is 0 Å². The Morgan fingerprint density at radius 2 is 1.90 bits per heavy atom. The number of likely N-dealkylation sites (N-methyl/N-ethyl adjacent to an activating group) is 1. The maximum atomic E-state index is 11.7. The maximum absolute atomic E-state index is 11.7. The molecule has 2 rings (SSSR count). The summed E-state index contributed by atoms with van der Waals surface area (Å²) in [7, 11) is -1.26. The Bertz CT molecular complexity index is 705. The van der Waals surface area contributed by atoms with E-state index in [0.717, 1.165) is 18.4 Å². The van der Waals surface area contributed by atoms with Gasteiger partial charge in [0.1, 0.15) is 0 Å². The minimum atomic E-state index is -3.16. The summed E-state index contributed by atoms with van der Waals surface area (Å²) in [5.41, 5.74) is 1.01. The van der Waals surface area contributed by atoms with E-state index in [1.807, 2.05) is 30.5 Å². The van der Waals surface area contributed by atoms with Crippen LogP contribution in [0.25, 0.3) is 0 Å². The van der Waals surface area contributed by atoms with Crippen molar-refractivity contribution < 1.29 is 8.42 Å². The zero-order chi connectivity index (χ0) is 15.5. The molecule has 0 aliphatic rings. The third kappa shape index (κ3) is 4.15. The van der Waals surface area contributed by atoms with Crippen molar-refractivity contribution in [3.8, 4) is 0 Å². The van der Waals surface area contributed by atoms with E-state index in [0.29, 0.717) is 4.90 Å². The molecule has 1 N–H and O–H groups in total. The van der Waals surface area contributed by atoms with E-state index in [2.05, 4.69) is 24.4 Å². The van der Waals surface area contributed by atoms with Gasteiger partial charge in [0.05, 0.1) is 4.90 Å². The summed E-state index contributed by atoms with van der Waals surface area (Å²) in [6, 6.07) is 11.6. The van der Waals surface area contributed by atoms with Crippen LogP contribution in [0.1, 0.15) is 28.3 Å². The Morgan fingerprint density at radius 1 is 1.19 bits per heavy atom.